The largest absolute Gasteiger partial charge is 0.497 e. The average Bonchev–Trinajstić information content (AvgIpc) is 1.61. The lowest BCUT2D eigenvalue weighted by Gasteiger charge is -2.44. The lowest BCUT2D eigenvalue weighted by Crippen LogP contribution is -2.58. The maximum absolute atomic E-state index is 15.3. The number of terminal acetylenes is 1. The summed E-state index contributed by atoms with van der Waals surface area (Å²) in [5.74, 6) is 3.23. The predicted molar refractivity (Wildman–Crippen MR) is 374 cm³/mol. The molecule has 5 heterocycles. The summed E-state index contributed by atoms with van der Waals surface area (Å²) in [5, 5.41) is 2.31. The van der Waals surface area contributed by atoms with E-state index in [1.165, 1.54) is 48.3 Å². The topological polar surface area (TPSA) is 208 Å². The summed E-state index contributed by atoms with van der Waals surface area (Å²) >= 11 is 37.2. The molecule has 1 N–H and O–H groups in total. The number of methoxy groups -OCH3 is 3. The number of hydrogen-bond acceptors (Lipinski definition) is 17. The van der Waals surface area contributed by atoms with E-state index in [-0.39, 0.29) is 89.6 Å². The molecule has 0 bridgehead atoms. The first-order valence-electron chi connectivity index (χ1n) is 30.7. The van der Waals surface area contributed by atoms with Crippen LogP contribution in [-0.4, -0.2) is 168 Å². The molecule has 21 nitrogen and oxygen atoms in total. The summed E-state index contributed by atoms with van der Waals surface area (Å²) in [6.07, 6.45) is 6.93. The number of anilines is 2. The zero-order valence-corrected chi connectivity index (χ0v) is 62.0. The van der Waals surface area contributed by atoms with Gasteiger partial charge in [0.15, 0.2) is 52.1 Å². The van der Waals surface area contributed by atoms with Gasteiger partial charge in [-0.3, -0.25) is 9.59 Å². The van der Waals surface area contributed by atoms with Crippen molar-refractivity contribution in [2.45, 2.75) is 129 Å². The molecule has 4 aromatic rings. The van der Waals surface area contributed by atoms with E-state index >= 15 is 9.59 Å². The van der Waals surface area contributed by atoms with Crippen molar-refractivity contribution in [3.8, 4) is 47.0 Å². The van der Waals surface area contributed by atoms with Gasteiger partial charge in [0.2, 0.25) is 13.5 Å². The minimum absolute atomic E-state index is 0.0185. The van der Waals surface area contributed by atoms with E-state index in [9.17, 15) is 9.59 Å². The number of benzene rings is 3. The number of carbonyl (C=O) groups excluding carboxylic acids is 4. The number of rotatable bonds is 25. The van der Waals surface area contributed by atoms with Crippen LogP contribution in [0.25, 0.3) is 11.1 Å². The van der Waals surface area contributed by atoms with Gasteiger partial charge in [0.25, 0.3) is 11.8 Å². The van der Waals surface area contributed by atoms with Crippen molar-refractivity contribution in [1.82, 2.24) is 20.1 Å². The molecule has 0 radical (unpaired) electrons. The maximum atomic E-state index is 15.3. The fourth-order valence-corrected chi connectivity index (χ4v) is 13.2. The van der Waals surface area contributed by atoms with Gasteiger partial charge in [-0.1, -0.05) is 129 Å². The Hall–Kier alpha value is -5.86. The van der Waals surface area contributed by atoms with Crippen LogP contribution in [0.4, 0.5) is 21.0 Å². The van der Waals surface area contributed by atoms with Gasteiger partial charge in [-0.15, -0.1) is 6.42 Å². The van der Waals surface area contributed by atoms with Crippen molar-refractivity contribution < 1.29 is 70.7 Å². The molecule has 0 fully saturated rings. The molecule has 8 rings (SSSR count). The summed E-state index contributed by atoms with van der Waals surface area (Å²) in [6, 6.07) is 15.5. The van der Waals surface area contributed by atoms with Gasteiger partial charge < -0.3 is 66.6 Å². The Kier molecular flexibility index (Phi) is 24.4. The van der Waals surface area contributed by atoms with Crippen LogP contribution in [0.5, 0.6) is 34.6 Å². The number of nitrogens with zero attached hydrogens (tertiary/aromatic N) is 5. The third kappa shape index (κ3) is 18.1. The Bertz CT molecular complexity index is 3530. The summed E-state index contributed by atoms with van der Waals surface area (Å²) in [5.41, 5.74) is 3.36. The van der Waals surface area contributed by atoms with Crippen LogP contribution in [0.2, 0.25) is 36.3 Å². The lowest BCUT2D eigenvalue weighted by atomic mass is 10.0. The van der Waals surface area contributed by atoms with Crippen molar-refractivity contribution in [3.05, 3.63) is 102 Å². The number of alkyl halides is 6. The number of hydrogen-bond donors (Lipinski definition) is 1. The van der Waals surface area contributed by atoms with Crippen LogP contribution in [0, 0.1) is 12.3 Å². The van der Waals surface area contributed by atoms with Crippen molar-refractivity contribution in [2.75, 3.05) is 90.5 Å². The number of pyridine rings is 1. The van der Waals surface area contributed by atoms with Crippen LogP contribution < -0.4 is 43.5 Å². The number of ether oxygens (including phenoxy) is 9. The molecule has 4 aliphatic rings. The molecule has 4 aliphatic heterocycles. The highest BCUT2D eigenvalue weighted by Gasteiger charge is 2.54. The molecule has 0 saturated carbocycles. The van der Waals surface area contributed by atoms with E-state index in [1.54, 1.807) is 41.6 Å². The molecule has 4 amide bonds. The zero-order chi connectivity index (χ0) is 69.6. The van der Waals surface area contributed by atoms with Gasteiger partial charge in [-0.25, -0.2) is 24.4 Å². The van der Waals surface area contributed by atoms with Crippen molar-refractivity contribution >= 4 is 133 Å². The van der Waals surface area contributed by atoms with E-state index in [4.69, 9.17) is 128 Å². The maximum Gasteiger partial charge on any atom is 0.416 e. The number of amides is 4. The lowest BCUT2D eigenvalue weighted by molar-refractivity contribution is 0.0584. The summed E-state index contributed by atoms with van der Waals surface area (Å²) < 4.78 is 63.7. The molecule has 516 valence electrons. The van der Waals surface area contributed by atoms with Crippen molar-refractivity contribution in [3.63, 3.8) is 0 Å². The molecule has 4 atom stereocenters. The minimum atomic E-state index is -2.86. The van der Waals surface area contributed by atoms with E-state index in [1.807, 2.05) is 56.5 Å². The molecule has 0 aliphatic carbocycles. The fourth-order valence-electron chi connectivity index (χ4n) is 10.4. The summed E-state index contributed by atoms with van der Waals surface area (Å²) in [7, 11) is -1.25. The predicted octanol–water partition coefficient (Wildman–Crippen LogP) is 14.4. The highest BCUT2D eigenvalue weighted by atomic mass is 35.6. The summed E-state index contributed by atoms with van der Waals surface area (Å²) in [4.78, 5) is 70.6. The van der Waals surface area contributed by atoms with E-state index in [0.29, 0.717) is 43.5 Å². The number of nitrogens with one attached hydrogen (secondary N) is 1. The second-order valence-electron chi connectivity index (χ2n) is 25.9. The Morgan fingerprint density at radius 1 is 0.611 bits per heavy atom. The van der Waals surface area contributed by atoms with Crippen molar-refractivity contribution in [1.29, 1.82) is 0 Å². The summed E-state index contributed by atoms with van der Waals surface area (Å²) in [6.45, 7) is 21.4. The van der Waals surface area contributed by atoms with E-state index in [0.717, 1.165) is 16.7 Å². The fraction of sp³-hybridized carbons (Fsp3) is 0.500. The second-order valence-corrected chi connectivity index (χ2v) is 40.5. The van der Waals surface area contributed by atoms with Crippen LogP contribution in [0.3, 0.4) is 0 Å². The third-order valence-electron chi connectivity index (χ3n) is 17.4. The van der Waals surface area contributed by atoms with Gasteiger partial charge in [0, 0.05) is 49.8 Å². The Morgan fingerprint density at radius 3 is 1.48 bits per heavy atom. The highest BCUT2D eigenvalue weighted by molar-refractivity contribution is 6.74. The smallest absolute Gasteiger partial charge is 0.416 e. The molecule has 4 unspecified atom stereocenters. The SMILES string of the molecule is C#CCNCCOCCOc1ccc(C2=CN3C(=O)c4cc(OC)c(OCCCOc5cc6c(cc5OC)C(=O)N5C=C(c7ccc(OC)cc7)CC5C(O[Si](C)(C)C(C)(C)C)N6C(=O)OCC(Cl)(Cl)Cl)cc4N(C(=O)OCC(Cl)(Cl)Cl)C(O[Si](C)(C)C(C)(C)C)C3C2)cn1. The highest BCUT2D eigenvalue weighted by Crippen LogP contribution is 2.50. The zero-order valence-electron chi connectivity index (χ0n) is 55.5. The average molecular weight is 1470 g/mol. The van der Waals surface area contributed by atoms with Gasteiger partial charge >= 0.3 is 12.2 Å². The van der Waals surface area contributed by atoms with Gasteiger partial charge in [-0.05, 0) is 102 Å². The van der Waals surface area contributed by atoms with Gasteiger partial charge in [0.1, 0.15) is 25.6 Å². The Balaban J connectivity index is 1.11. The first-order chi connectivity index (χ1) is 44.6. The van der Waals surface area contributed by atoms with Crippen LogP contribution >= 0.6 is 69.6 Å². The van der Waals surface area contributed by atoms with E-state index in [2.05, 4.69) is 57.8 Å². The first-order valence-corrected chi connectivity index (χ1v) is 38.8. The molecule has 0 saturated heterocycles. The van der Waals surface area contributed by atoms with Crippen molar-refractivity contribution in [2.24, 2.45) is 0 Å². The van der Waals surface area contributed by atoms with Crippen LogP contribution in [0.1, 0.15) is 92.6 Å². The Morgan fingerprint density at radius 2 is 1.07 bits per heavy atom. The number of carbonyl (C=O) groups is 4. The molecule has 0 spiro atoms. The standard InChI is InChI=1S/C66H82Cl6N6O15Si2/c1-15-23-73-24-27-86-28-29-89-56-22-19-42(36-74-56)44-31-51-60(93-95(13,14)64(5,6)7)78(62(82)91-40-66(70,71)72)49-35-55(53(85-10)33-47(49)58(80)76(51)38-44)88-26-16-25-87-54-34-48-46(32-52(54)84-9)57(79)75-37-43(41-17-20-45(83-8)21-18-41)30-50(75)59(92-94(11,12)63(2,3)4)77(48)61(81)90-39-65(67,68)69/h1,17-22,32-38,50-51,59-60,73H,16,23-31,39-40H2,2-14H3. The molecule has 29 heteroatoms. The molecular formula is C66H82Cl6N6O15Si2. The second kappa shape index (κ2) is 30.9. The quantitative estimate of drug-likeness (QED) is 0.0283. The van der Waals surface area contributed by atoms with Gasteiger partial charge in [0.05, 0.1) is 88.9 Å². The number of aromatic nitrogens is 1. The van der Waals surface area contributed by atoms with Crippen LogP contribution in [0.15, 0.2) is 79.3 Å². The number of halogens is 6. The monoisotopic (exact) mass is 1460 g/mol. The van der Waals surface area contributed by atoms with E-state index < -0.39 is 91.0 Å². The first kappa shape index (κ1) is 74.9. The minimum Gasteiger partial charge on any atom is -0.497 e. The normalized spacial score (nSPS) is 18.3. The molecule has 95 heavy (non-hydrogen) atoms. The Labute approximate surface area is 587 Å². The third-order valence-corrected chi connectivity index (χ3v) is 26.9. The van der Waals surface area contributed by atoms with Gasteiger partial charge in [-0.2, -0.15) is 0 Å². The molecule has 1 aromatic heterocycles. The molecule has 3 aromatic carbocycles. The molecular weight excluding hydrogens is 1390 g/mol. The van der Waals surface area contributed by atoms with Crippen LogP contribution in [-0.2, 0) is 23.1 Å². The number of fused-ring (bicyclic) bond motifs is 4.